The van der Waals surface area contributed by atoms with Gasteiger partial charge in [-0.2, -0.15) is 0 Å². The van der Waals surface area contributed by atoms with Gasteiger partial charge in [0, 0.05) is 54.1 Å². The number of nitrogens with zero attached hydrogens (tertiary/aromatic N) is 4. The van der Waals surface area contributed by atoms with Gasteiger partial charge in [0.25, 0.3) is 0 Å². The summed E-state index contributed by atoms with van der Waals surface area (Å²) in [5.74, 6) is -0.242. The van der Waals surface area contributed by atoms with Gasteiger partial charge in [-0.25, -0.2) is 18.4 Å². The van der Waals surface area contributed by atoms with E-state index in [1.54, 1.807) is 12.4 Å². The van der Waals surface area contributed by atoms with Gasteiger partial charge in [0.15, 0.2) is 9.84 Å². The highest BCUT2D eigenvalue weighted by Crippen LogP contribution is 2.33. The quantitative estimate of drug-likeness (QED) is 0.362. The van der Waals surface area contributed by atoms with Crippen molar-refractivity contribution in [2.24, 2.45) is 5.73 Å². The predicted octanol–water partition coefficient (Wildman–Crippen LogP) is 4.36. The zero-order chi connectivity index (χ0) is 26.9. The second-order valence-corrected chi connectivity index (χ2v) is 11.4. The molecule has 4 aromatic rings. The van der Waals surface area contributed by atoms with Crippen LogP contribution in [0.5, 0.6) is 0 Å². The topological polar surface area (TPSA) is 131 Å². The number of anilines is 3. The lowest BCUT2D eigenvalue weighted by molar-refractivity contribution is 0.1000. The number of pyridine rings is 1. The molecule has 2 aromatic heterocycles. The molecule has 2 aromatic carbocycles. The average Bonchev–Trinajstić information content (AvgIpc) is 3.45. The SMILES string of the molecule is Cc1ccc(-c2cc(C(N)=O)ccc2S(C)(=O)=O)cc1Nc1nccc(-c2cncc(N3CCCC3)c2)n1. The number of carbonyl (C=O) groups excluding carboxylic acids is 1. The van der Waals surface area contributed by atoms with Crippen LogP contribution >= 0.6 is 0 Å². The first-order valence-corrected chi connectivity index (χ1v) is 14.1. The highest BCUT2D eigenvalue weighted by atomic mass is 32.2. The molecule has 1 aliphatic heterocycles. The lowest BCUT2D eigenvalue weighted by Crippen LogP contribution is -2.17. The first-order valence-electron chi connectivity index (χ1n) is 12.2. The molecular weight excluding hydrogens is 500 g/mol. The summed E-state index contributed by atoms with van der Waals surface area (Å²) in [6.07, 6.45) is 8.85. The van der Waals surface area contributed by atoms with E-state index in [1.807, 2.05) is 37.4 Å². The maximum absolute atomic E-state index is 12.5. The van der Waals surface area contributed by atoms with Crippen molar-refractivity contribution in [3.8, 4) is 22.4 Å². The maximum atomic E-state index is 12.5. The Morgan fingerprint density at radius 3 is 2.53 bits per heavy atom. The van der Waals surface area contributed by atoms with Crippen molar-refractivity contribution in [3.63, 3.8) is 0 Å². The predicted molar refractivity (Wildman–Crippen MR) is 148 cm³/mol. The minimum atomic E-state index is -3.56. The van der Waals surface area contributed by atoms with Crippen LogP contribution in [0.15, 0.2) is 72.0 Å². The largest absolute Gasteiger partial charge is 0.370 e. The van der Waals surface area contributed by atoms with Gasteiger partial charge >= 0.3 is 0 Å². The molecule has 0 unspecified atom stereocenters. The number of hydrogen-bond acceptors (Lipinski definition) is 8. The van der Waals surface area contributed by atoms with Crippen molar-refractivity contribution >= 4 is 33.1 Å². The number of nitrogens with one attached hydrogen (secondary N) is 1. The molecule has 38 heavy (non-hydrogen) atoms. The van der Waals surface area contributed by atoms with E-state index in [4.69, 9.17) is 10.7 Å². The molecule has 1 amide bonds. The smallest absolute Gasteiger partial charge is 0.248 e. The summed E-state index contributed by atoms with van der Waals surface area (Å²) >= 11 is 0. The number of primary amides is 1. The first kappa shape index (κ1) is 25.3. The van der Waals surface area contributed by atoms with Crippen molar-refractivity contribution in [2.45, 2.75) is 24.7 Å². The number of aryl methyl sites for hydroxylation is 1. The van der Waals surface area contributed by atoms with Gasteiger partial charge in [-0.1, -0.05) is 12.1 Å². The summed E-state index contributed by atoms with van der Waals surface area (Å²) in [7, 11) is -3.56. The van der Waals surface area contributed by atoms with Crippen LogP contribution in [0.4, 0.5) is 17.3 Å². The summed E-state index contributed by atoms with van der Waals surface area (Å²) in [5.41, 5.74) is 11.0. The summed E-state index contributed by atoms with van der Waals surface area (Å²) in [4.78, 5) is 27.7. The van der Waals surface area contributed by atoms with Gasteiger partial charge in [0.1, 0.15) is 0 Å². The molecule has 3 N–H and O–H groups in total. The Labute approximate surface area is 221 Å². The summed E-state index contributed by atoms with van der Waals surface area (Å²) < 4.78 is 24.9. The molecule has 0 saturated carbocycles. The zero-order valence-corrected chi connectivity index (χ0v) is 22.0. The molecule has 0 aliphatic carbocycles. The van der Waals surface area contributed by atoms with E-state index in [0.717, 1.165) is 41.9 Å². The van der Waals surface area contributed by atoms with Gasteiger partial charge in [-0.15, -0.1) is 0 Å². The number of sulfone groups is 1. The first-order chi connectivity index (χ1) is 18.2. The van der Waals surface area contributed by atoms with E-state index < -0.39 is 15.7 Å². The van der Waals surface area contributed by atoms with Crippen molar-refractivity contribution in [2.75, 3.05) is 29.6 Å². The summed E-state index contributed by atoms with van der Waals surface area (Å²) in [6, 6.07) is 13.8. The number of carbonyl (C=O) groups is 1. The van der Waals surface area contributed by atoms with Crippen LogP contribution in [-0.4, -0.2) is 48.6 Å². The molecule has 5 rings (SSSR count). The molecule has 9 nitrogen and oxygen atoms in total. The minimum absolute atomic E-state index is 0.112. The molecular formula is C28H28N6O3S. The van der Waals surface area contributed by atoms with E-state index in [9.17, 15) is 13.2 Å². The van der Waals surface area contributed by atoms with Crippen LogP contribution in [0.2, 0.25) is 0 Å². The molecule has 1 aliphatic rings. The Morgan fingerprint density at radius 2 is 1.79 bits per heavy atom. The third-order valence-electron chi connectivity index (χ3n) is 6.60. The zero-order valence-electron chi connectivity index (χ0n) is 21.2. The van der Waals surface area contributed by atoms with Crippen LogP contribution in [0, 0.1) is 6.92 Å². The monoisotopic (exact) mass is 528 g/mol. The average molecular weight is 529 g/mol. The van der Waals surface area contributed by atoms with E-state index in [0.29, 0.717) is 22.8 Å². The third kappa shape index (κ3) is 5.35. The van der Waals surface area contributed by atoms with E-state index in [1.165, 1.54) is 31.0 Å². The van der Waals surface area contributed by atoms with Crippen molar-refractivity contribution < 1.29 is 13.2 Å². The molecule has 10 heteroatoms. The Hall–Kier alpha value is -4.31. The molecule has 0 bridgehead atoms. The van der Waals surface area contributed by atoms with Crippen LogP contribution in [-0.2, 0) is 9.84 Å². The van der Waals surface area contributed by atoms with Crippen LogP contribution in [0.3, 0.4) is 0 Å². The van der Waals surface area contributed by atoms with Crippen LogP contribution in [0.25, 0.3) is 22.4 Å². The fourth-order valence-electron chi connectivity index (χ4n) is 4.57. The number of aromatic nitrogens is 3. The molecule has 0 atom stereocenters. The Kier molecular flexibility index (Phi) is 6.81. The molecule has 0 radical (unpaired) electrons. The number of nitrogens with two attached hydrogens (primary N) is 1. The highest BCUT2D eigenvalue weighted by molar-refractivity contribution is 7.90. The minimum Gasteiger partial charge on any atom is -0.370 e. The fraction of sp³-hybridized carbons (Fsp3) is 0.214. The Balaban J connectivity index is 1.49. The molecule has 1 saturated heterocycles. The lowest BCUT2D eigenvalue weighted by atomic mass is 10.0. The van der Waals surface area contributed by atoms with E-state index in [2.05, 4.69) is 26.3 Å². The summed E-state index contributed by atoms with van der Waals surface area (Å²) in [6.45, 7) is 3.98. The van der Waals surface area contributed by atoms with Crippen molar-refractivity contribution in [3.05, 3.63) is 78.2 Å². The normalized spacial score (nSPS) is 13.5. The number of amides is 1. The lowest BCUT2D eigenvalue weighted by Gasteiger charge is -2.17. The molecule has 3 heterocycles. The molecule has 194 valence electrons. The van der Waals surface area contributed by atoms with Gasteiger partial charge in [-0.3, -0.25) is 9.78 Å². The number of hydrogen-bond donors (Lipinski definition) is 2. The maximum Gasteiger partial charge on any atom is 0.248 e. The fourth-order valence-corrected chi connectivity index (χ4v) is 5.46. The van der Waals surface area contributed by atoms with Gasteiger partial charge in [0.05, 0.1) is 22.5 Å². The molecule has 1 fully saturated rings. The highest BCUT2D eigenvalue weighted by Gasteiger charge is 2.18. The van der Waals surface area contributed by atoms with Crippen LogP contribution in [0.1, 0.15) is 28.8 Å². The second-order valence-electron chi connectivity index (χ2n) is 9.39. The van der Waals surface area contributed by atoms with E-state index in [-0.39, 0.29) is 10.5 Å². The number of rotatable bonds is 7. The standard InChI is InChI=1S/C28H28N6O3S/c1-18-5-6-19(23-14-20(27(29)35)7-8-26(23)38(2,36)37)15-25(18)33-28-31-10-9-24(32-28)21-13-22(17-30-16-21)34-11-3-4-12-34/h5-10,13-17H,3-4,11-12H2,1-2H3,(H2,29,35)(H,31,32,33). The van der Waals surface area contributed by atoms with Gasteiger partial charge < -0.3 is 16.0 Å². The summed E-state index contributed by atoms with van der Waals surface area (Å²) in [5, 5.41) is 3.26. The molecule has 0 spiro atoms. The van der Waals surface area contributed by atoms with Crippen LogP contribution < -0.4 is 16.0 Å². The van der Waals surface area contributed by atoms with E-state index >= 15 is 0 Å². The third-order valence-corrected chi connectivity index (χ3v) is 7.76. The second kappa shape index (κ2) is 10.2. The van der Waals surface area contributed by atoms with Crippen molar-refractivity contribution in [1.82, 2.24) is 15.0 Å². The van der Waals surface area contributed by atoms with Crippen molar-refractivity contribution in [1.29, 1.82) is 0 Å². The Morgan fingerprint density at radius 1 is 1.00 bits per heavy atom. The Bertz CT molecular complexity index is 1630. The van der Waals surface area contributed by atoms with Gasteiger partial charge in [-0.05, 0) is 67.3 Å². The number of benzene rings is 2. The van der Waals surface area contributed by atoms with Gasteiger partial charge in [0.2, 0.25) is 11.9 Å².